The number of nitrogens with zero attached hydrogens (tertiary/aromatic N) is 2. The molecule has 0 unspecified atom stereocenters. The van der Waals surface area contributed by atoms with E-state index in [1.807, 2.05) is 31.2 Å². The van der Waals surface area contributed by atoms with Crippen LogP contribution < -0.4 is 4.90 Å². The first-order chi connectivity index (χ1) is 12.5. The number of hydrogen-bond acceptors (Lipinski definition) is 4. The highest BCUT2D eigenvalue weighted by Crippen LogP contribution is 2.29. The Morgan fingerprint density at radius 1 is 1.27 bits per heavy atom. The van der Waals surface area contributed by atoms with Crippen LogP contribution in [0.25, 0.3) is 0 Å². The molecule has 0 radical (unpaired) electrons. The average molecular weight is 360 g/mol. The Kier molecular flexibility index (Phi) is 5.56. The second-order valence-corrected chi connectivity index (χ2v) is 6.76. The smallest absolute Gasteiger partial charge is 0.306 e. The number of rotatable bonds is 5. The number of carbonyl (C=O) groups excluding carboxylic acids is 2. The number of morpholine rings is 1. The molecule has 0 aliphatic carbocycles. The van der Waals surface area contributed by atoms with Crippen LogP contribution in [-0.2, 0) is 25.5 Å². The van der Waals surface area contributed by atoms with Gasteiger partial charge in [0.25, 0.3) is 0 Å². The Labute approximate surface area is 152 Å². The molecule has 0 saturated carbocycles. The molecule has 26 heavy (non-hydrogen) atoms. The van der Waals surface area contributed by atoms with E-state index in [0.29, 0.717) is 19.7 Å². The van der Waals surface area contributed by atoms with Gasteiger partial charge in [-0.05, 0) is 18.1 Å². The van der Waals surface area contributed by atoms with E-state index in [-0.39, 0.29) is 31.2 Å². The molecule has 3 rings (SSSR count). The third-order valence-corrected chi connectivity index (χ3v) is 4.99. The zero-order valence-corrected chi connectivity index (χ0v) is 14.9. The van der Waals surface area contributed by atoms with Crippen LogP contribution in [0.1, 0.15) is 25.3 Å². The third-order valence-electron chi connectivity index (χ3n) is 4.99. The van der Waals surface area contributed by atoms with Crippen LogP contribution in [-0.4, -0.2) is 60.1 Å². The van der Waals surface area contributed by atoms with E-state index in [1.54, 1.807) is 9.80 Å². The van der Waals surface area contributed by atoms with Crippen molar-refractivity contribution in [1.29, 1.82) is 0 Å². The molecule has 2 aliphatic rings. The molecule has 1 N–H and O–H groups in total. The molecule has 2 heterocycles. The van der Waals surface area contributed by atoms with Gasteiger partial charge in [0.05, 0.1) is 25.0 Å². The highest BCUT2D eigenvalue weighted by Gasteiger charge is 2.39. The summed E-state index contributed by atoms with van der Waals surface area (Å²) in [7, 11) is 0. The maximum absolute atomic E-state index is 12.9. The van der Waals surface area contributed by atoms with Crippen molar-refractivity contribution in [2.75, 3.05) is 31.1 Å². The summed E-state index contributed by atoms with van der Waals surface area (Å²) in [5, 5.41) is 8.91. The van der Waals surface area contributed by atoms with Gasteiger partial charge in [0.1, 0.15) is 0 Å². The molecular weight excluding hydrogens is 336 g/mol. The largest absolute Gasteiger partial charge is 0.481 e. The predicted molar refractivity (Wildman–Crippen MR) is 94.9 cm³/mol. The molecule has 2 fully saturated rings. The lowest BCUT2D eigenvalue weighted by atomic mass is 10.1. The molecule has 7 nitrogen and oxygen atoms in total. The first-order valence-electron chi connectivity index (χ1n) is 9.00. The van der Waals surface area contributed by atoms with Crippen molar-refractivity contribution in [3.8, 4) is 0 Å². The molecule has 2 aliphatic heterocycles. The van der Waals surface area contributed by atoms with Crippen LogP contribution in [0.5, 0.6) is 0 Å². The number of hydrogen-bond donors (Lipinski definition) is 1. The zero-order chi connectivity index (χ0) is 18.7. The number of carbonyl (C=O) groups is 3. The summed E-state index contributed by atoms with van der Waals surface area (Å²) in [6.07, 6.45) is 0.402. The molecule has 2 atom stereocenters. The van der Waals surface area contributed by atoms with Crippen LogP contribution >= 0.6 is 0 Å². The van der Waals surface area contributed by atoms with Gasteiger partial charge >= 0.3 is 5.97 Å². The predicted octanol–water partition coefficient (Wildman–Crippen LogP) is 1.30. The number of aliphatic carboxylic acids is 1. The summed E-state index contributed by atoms with van der Waals surface area (Å²) in [6, 6.07) is 7.76. The van der Waals surface area contributed by atoms with Crippen molar-refractivity contribution >= 4 is 23.5 Å². The van der Waals surface area contributed by atoms with Crippen LogP contribution in [0.15, 0.2) is 24.3 Å². The van der Waals surface area contributed by atoms with Crippen molar-refractivity contribution in [3.05, 3.63) is 29.8 Å². The minimum atomic E-state index is -0.942. The fourth-order valence-corrected chi connectivity index (χ4v) is 3.67. The van der Waals surface area contributed by atoms with Gasteiger partial charge in [-0.1, -0.05) is 25.1 Å². The molecular formula is C19H24N2O5. The Morgan fingerprint density at radius 2 is 2.04 bits per heavy atom. The Hall–Kier alpha value is -2.41. The topological polar surface area (TPSA) is 87.2 Å². The normalized spacial score (nSPS) is 23.3. The van der Waals surface area contributed by atoms with E-state index < -0.39 is 18.0 Å². The number of anilines is 1. The maximum atomic E-state index is 12.9. The van der Waals surface area contributed by atoms with Crippen molar-refractivity contribution in [2.24, 2.45) is 5.92 Å². The van der Waals surface area contributed by atoms with Gasteiger partial charge in [-0.25, -0.2) is 0 Å². The zero-order valence-electron chi connectivity index (χ0n) is 14.9. The number of para-hydroxylation sites is 1. The average Bonchev–Trinajstić information content (AvgIpc) is 3.02. The number of ether oxygens (including phenoxy) is 1. The van der Waals surface area contributed by atoms with Crippen LogP contribution in [0.2, 0.25) is 0 Å². The maximum Gasteiger partial charge on any atom is 0.306 e. The van der Waals surface area contributed by atoms with Crippen molar-refractivity contribution in [2.45, 2.75) is 32.3 Å². The van der Waals surface area contributed by atoms with Crippen molar-refractivity contribution in [3.63, 3.8) is 0 Å². The van der Waals surface area contributed by atoms with Crippen molar-refractivity contribution < 1.29 is 24.2 Å². The molecule has 1 aromatic rings. The number of aryl methyl sites for hydroxylation is 1. The van der Waals surface area contributed by atoms with Gasteiger partial charge in [-0.3, -0.25) is 14.4 Å². The van der Waals surface area contributed by atoms with E-state index in [2.05, 4.69) is 0 Å². The second kappa shape index (κ2) is 7.86. The van der Waals surface area contributed by atoms with E-state index >= 15 is 0 Å². The SMILES string of the molecule is CCc1ccccc1N1C[C@H](C(=O)N2CCO[C@@H](CC(=O)O)C2)CC1=O. The molecule has 2 saturated heterocycles. The van der Waals surface area contributed by atoms with Gasteiger partial charge in [-0.2, -0.15) is 0 Å². The van der Waals surface area contributed by atoms with E-state index in [9.17, 15) is 14.4 Å². The van der Waals surface area contributed by atoms with E-state index in [0.717, 1.165) is 17.7 Å². The summed E-state index contributed by atoms with van der Waals surface area (Å²) in [6.45, 7) is 3.44. The molecule has 0 spiro atoms. The monoisotopic (exact) mass is 360 g/mol. The lowest BCUT2D eigenvalue weighted by molar-refractivity contribution is -0.149. The van der Waals surface area contributed by atoms with Crippen LogP contribution in [0.3, 0.4) is 0 Å². The molecule has 140 valence electrons. The summed E-state index contributed by atoms with van der Waals surface area (Å²) >= 11 is 0. The molecule has 0 bridgehead atoms. The molecule has 2 amide bonds. The first-order valence-corrected chi connectivity index (χ1v) is 9.00. The van der Waals surface area contributed by atoms with E-state index in [4.69, 9.17) is 9.84 Å². The highest BCUT2D eigenvalue weighted by atomic mass is 16.5. The summed E-state index contributed by atoms with van der Waals surface area (Å²) in [4.78, 5) is 39.6. The van der Waals surface area contributed by atoms with E-state index in [1.165, 1.54) is 0 Å². The number of carboxylic acids is 1. The van der Waals surface area contributed by atoms with Crippen LogP contribution in [0.4, 0.5) is 5.69 Å². The fraction of sp³-hybridized carbons (Fsp3) is 0.526. The molecule has 0 aromatic heterocycles. The first kappa shape index (κ1) is 18.4. The standard InChI is InChI=1S/C19H24N2O5/c1-2-13-5-3-4-6-16(13)21-11-14(9-17(21)22)19(25)20-7-8-26-15(12-20)10-18(23)24/h3-6,14-15H,2,7-12H2,1H3,(H,23,24)/t14-,15+/m1/s1. The van der Waals surface area contributed by atoms with Gasteiger partial charge < -0.3 is 19.6 Å². The quantitative estimate of drug-likeness (QED) is 0.855. The van der Waals surface area contributed by atoms with Gasteiger partial charge in [-0.15, -0.1) is 0 Å². The third kappa shape index (κ3) is 3.88. The number of carboxylic acid groups (broad SMARTS) is 1. The lowest BCUT2D eigenvalue weighted by Gasteiger charge is -2.33. The lowest BCUT2D eigenvalue weighted by Crippen LogP contribution is -2.48. The van der Waals surface area contributed by atoms with Crippen LogP contribution in [0, 0.1) is 5.92 Å². The fourth-order valence-electron chi connectivity index (χ4n) is 3.67. The molecule has 7 heteroatoms. The van der Waals surface area contributed by atoms with Gasteiger partial charge in [0.15, 0.2) is 0 Å². The van der Waals surface area contributed by atoms with Gasteiger partial charge in [0, 0.05) is 31.7 Å². The highest BCUT2D eigenvalue weighted by molar-refractivity contribution is 6.00. The minimum absolute atomic E-state index is 0.0420. The second-order valence-electron chi connectivity index (χ2n) is 6.76. The molecule has 1 aromatic carbocycles. The van der Waals surface area contributed by atoms with Crippen molar-refractivity contribution in [1.82, 2.24) is 4.90 Å². The number of benzene rings is 1. The van der Waals surface area contributed by atoms with Gasteiger partial charge in [0.2, 0.25) is 11.8 Å². The minimum Gasteiger partial charge on any atom is -0.481 e. The summed E-state index contributed by atoms with van der Waals surface area (Å²) in [5.41, 5.74) is 1.96. The Balaban J connectivity index is 1.68. The Bertz CT molecular complexity index is 705. The number of amides is 2. The summed E-state index contributed by atoms with van der Waals surface area (Å²) in [5.74, 6) is -1.47. The Morgan fingerprint density at radius 3 is 2.77 bits per heavy atom. The summed E-state index contributed by atoms with van der Waals surface area (Å²) < 4.78 is 5.42.